The molecule has 10 heteroatoms. The second-order valence-corrected chi connectivity index (χ2v) is 8.12. The molecule has 1 rings (SSSR count). The molecule has 1 unspecified atom stereocenters. The van der Waals surface area contributed by atoms with Crippen LogP contribution in [-0.2, 0) is 18.7 Å². The van der Waals surface area contributed by atoms with Gasteiger partial charge in [0, 0.05) is 31.0 Å². The number of hydrogen-bond acceptors (Lipinski definition) is 6. The van der Waals surface area contributed by atoms with Gasteiger partial charge >= 0.3 is 5.97 Å². The first-order chi connectivity index (χ1) is 11.7. The van der Waals surface area contributed by atoms with Crippen LogP contribution in [0, 0.1) is 0 Å². The minimum absolute atomic E-state index is 0.0129. The third kappa shape index (κ3) is 6.49. The molecule has 1 amide bonds. The summed E-state index contributed by atoms with van der Waals surface area (Å²) in [5.41, 5.74) is 2.68. The van der Waals surface area contributed by atoms with Crippen molar-refractivity contribution in [1.29, 1.82) is 0 Å². The molecule has 0 aliphatic rings. The predicted octanol–water partition coefficient (Wildman–Crippen LogP) is 1.49. The van der Waals surface area contributed by atoms with Gasteiger partial charge in [0.25, 0.3) is 0 Å². The minimum Gasteiger partial charge on any atom is -0.477 e. The third-order valence-corrected chi connectivity index (χ3v) is 5.69. The number of rotatable bonds is 9. The molecule has 0 fully saturated rings. The first-order valence-electron chi connectivity index (χ1n) is 7.33. The quantitative estimate of drug-likeness (QED) is 0.287. The number of nitrogens with zero attached hydrogens (tertiary/aromatic N) is 2. The lowest BCUT2D eigenvalue weighted by Gasteiger charge is -2.19. The maximum Gasteiger partial charge on any atom is 0.351 e. The van der Waals surface area contributed by atoms with Gasteiger partial charge in [0.05, 0.1) is 6.61 Å². The van der Waals surface area contributed by atoms with Gasteiger partial charge in [-0.1, -0.05) is 0 Å². The number of halogens is 1. The summed E-state index contributed by atoms with van der Waals surface area (Å²) in [5, 5.41) is 12.5. The molecular weight excluding hydrogens is 369 g/mol. The second-order valence-electron chi connectivity index (χ2n) is 5.30. The van der Waals surface area contributed by atoms with Crippen LogP contribution >= 0.6 is 19.0 Å². The average molecular weight is 390 g/mol. The fourth-order valence-electron chi connectivity index (χ4n) is 1.79. The molecular formula is C15H21ClN3O5P. The number of amides is 1. The molecule has 1 atom stereocenters. The van der Waals surface area contributed by atoms with E-state index in [0.29, 0.717) is 5.30 Å². The van der Waals surface area contributed by atoms with E-state index in [4.69, 9.17) is 21.2 Å². The van der Waals surface area contributed by atoms with Crippen molar-refractivity contribution in [2.75, 3.05) is 37.6 Å². The lowest BCUT2D eigenvalue weighted by atomic mass is 10.3. The van der Waals surface area contributed by atoms with E-state index in [2.05, 4.69) is 10.5 Å². The summed E-state index contributed by atoms with van der Waals surface area (Å²) in [6.45, 7) is 1.24. The number of carboxylic acid groups (broad SMARTS) is 1. The van der Waals surface area contributed by atoms with Crippen LogP contribution in [0.5, 0.6) is 0 Å². The Bertz CT molecular complexity index is 691. The topological polar surface area (TPSA) is 108 Å². The van der Waals surface area contributed by atoms with E-state index in [1.54, 1.807) is 24.3 Å². The molecule has 0 aliphatic heterocycles. The summed E-state index contributed by atoms with van der Waals surface area (Å²) in [4.78, 5) is 24.5. The number of carboxylic acids is 1. The molecule has 0 aliphatic carbocycles. The average Bonchev–Trinajstić information content (AvgIpc) is 2.57. The van der Waals surface area contributed by atoms with Crippen molar-refractivity contribution in [3.05, 3.63) is 24.3 Å². The first-order valence-corrected chi connectivity index (χ1v) is 9.68. The number of benzene rings is 1. The third-order valence-electron chi connectivity index (χ3n) is 3.15. The Labute approximate surface area is 151 Å². The monoisotopic (exact) mass is 389 g/mol. The molecule has 0 bridgehead atoms. The maximum absolute atomic E-state index is 13.1. The standard InChI is InChI=1S/C15H21ClN3O5P/c1-11(15(21)22)17-18-14(20)10-25(23,24-9-8-16)13-6-4-12(5-7-13)19(2)3/h4-7H,8-10H2,1-3H3,(H,18,20)(H,21,22)/b17-11+. The van der Waals surface area contributed by atoms with Gasteiger partial charge in [-0.2, -0.15) is 5.10 Å². The van der Waals surface area contributed by atoms with Crippen LogP contribution < -0.4 is 15.6 Å². The highest BCUT2D eigenvalue weighted by molar-refractivity contribution is 7.67. The molecule has 0 saturated carbocycles. The highest BCUT2D eigenvalue weighted by atomic mass is 35.5. The molecule has 0 saturated heterocycles. The van der Waals surface area contributed by atoms with Gasteiger partial charge in [-0.15, -0.1) is 11.6 Å². The predicted molar refractivity (Wildman–Crippen MR) is 98.4 cm³/mol. The molecule has 2 N–H and O–H groups in total. The Kier molecular flexibility index (Phi) is 8.09. The molecule has 8 nitrogen and oxygen atoms in total. The van der Waals surface area contributed by atoms with E-state index >= 15 is 0 Å². The summed E-state index contributed by atoms with van der Waals surface area (Å²) in [6.07, 6.45) is -0.471. The van der Waals surface area contributed by atoms with Gasteiger partial charge in [-0.3, -0.25) is 9.36 Å². The van der Waals surface area contributed by atoms with Gasteiger partial charge in [0.2, 0.25) is 13.3 Å². The van der Waals surface area contributed by atoms with Crippen molar-refractivity contribution in [2.24, 2.45) is 5.10 Å². The number of hydrogen-bond donors (Lipinski definition) is 2. The second kappa shape index (κ2) is 9.56. The number of carbonyl (C=O) groups excluding carboxylic acids is 1. The Morgan fingerprint density at radius 2 is 1.92 bits per heavy atom. The smallest absolute Gasteiger partial charge is 0.351 e. The lowest BCUT2D eigenvalue weighted by molar-refractivity contribution is -0.129. The van der Waals surface area contributed by atoms with E-state index < -0.39 is 25.4 Å². The Hall–Kier alpha value is -1.89. The van der Waals surface area contributed by atoms with Crippen molar-refractivity contribution < 1.29 is 23.8 Å². The maximum atomic E-state index is 13.1. The zero-order valence-corrected chi connectivity index (χ0v) is 15.9. The van der Waals surface area contributed by atoms with Gasteiger partial charge in [0.1, 0.15) is 11.9 Å². The van der Waals surface area contributed by atoms with Gasteiger partial charge in [-0.05, 0) is 31.2 Å². The Morgan fingerprint density at radius 1 is 1.32 bits per heavy atom. The minimum atomic E-state index is -3.51. The number of nitrogens with one attached hydrogen (secondary N) is 1. The van der Waals surface area contributed by atoms with Crippen LogP contribution in [0.3, 0.4) is 0 Å². The summed E-state index contributed by atoms with van der Waals surface area (Å²) in [7, 11) is 0.230. The normalized spacial score (nSPS) is 13.8. The summed E-state index contributed by atoms with van der Waals surface area (Å²) >= 11 is 5.60. The number of hydrazone groups is 1. The van der Waals surface area contributed by atoms with Crippen molar-refractivity contribution >= 4 is 47.5 Å². The van der Waals surface area contributed by atoms with E-state index in [9.17, 15) is 14.2 Å². The zero-order chi connectivity index (χ0) is 19.0. The van der Waals surface area contributed by atoms with Crippen molar-refractivity contribution in [2.45, 2.75) is 6.92 Å². The van der Waals surface area contributed by atoms with Crippen LogP contribution in [0.25, 0.3) is 0 Å². The Morgan fingerprint density at radius 3 is 2.40 bits per heavy atom. The highest BCUT2D eigenvalue weighted by Gasteiger charge is 2.29. The highest BCUT2D eigenvalue weighted by Crippen LogP contribution is 2.45. The molecule has 25 heavy (non-hydrogen) atoms. The van der Waals surface area contributed by atoms with E-state index in [1.807, 2.05) is 19.0 Å². The molecule has 0 spiro atoms. The van der Waals surface area contributed by atoms with E-state index in [1.165, 1.54) is 6.92 Å². The van der Waals surface area contributed by atoms with Crippen LogP contribution in [0.15, 0.2) is 29.4 Å². The number of anilines is 1. The molecule has 0 radical (unpaired) electrons. The van der Waals surface area contributed by atoms with E-state index in [0.717, 1.165) is 5.69 Å². The first kappa shape index (κ1) is 21.2. The summed E-state index contributed by atoms with van der Waals surface area (Å²) in [6, 6.07) is 6.78. The number of aliphatic carboxylic acids is 1. The summed E-state index contributed by atoms with van der Waals surface area (Å²) < 4.78 is 18.5. The van der Waals surface area contributed by atoms with Gasteiger partial charge in [-0.25, -0.2) is 10.2 Å². The van der Waals surface area contributed by atoms with E-state index in [-0.39, 0.29) is 18.2 Å². The fraction of sp³-hybridized carbons (Fsp3) is 0.400. The van der Waals surface area contributed by atoms with Gasteiger partial charge < -0.3 is 14.5 Å². The van der Waals surface area contributed by atoms with Crippen molar-refractivity contribution in [1.82, 2.24) is 5.43 Å². The van der Waals surface area contributed by atoms with Crippen molar-refractivity contribution in [3.63, 3.8) is 0 Å². The van der Waals surface area contributed by atoms with Crippen molar-refractivity contribution in [3.8, 4) is 0 Å². The van der Waals surface area contributed by atoms with Crippen LogP contribution in [0.2, 0.25) is 0 Å². The van der Waals surface area contributed by atoms with Crippen LogP contribution in [-0.4, -0.2) is 55.4 Å². The molecule has 138 valence electrons. The fourth-order valence-corrected chi connectivity index (χ4v) is 3.84. The molecule has 0 aromatic heterocycles. The molecule has 0 heterocycles. The van der Waals surface area contributed by atoms with Gasteiger partial charge in [0.15, 0.2) is 0 Å². The van der Waals surface area contributed by atoms with Crippen LogP contribution in [0.4, 0.5) is 5.69 Å². The largest absolute Gasteiger partial charge is 0.477 e. The Balaban J connectivity index is 2.98. The molecule has 1 aromatic rings. The van der Waals surface area contributed by atoms with Crippen LogP contribution in [0.1, 0.15) is 6.92 Å². The number of alkyl halides is 1. The number of carbonyl (C=O) groups is 2. The SMILES string of the molecule is C/C(=N\NC(=O)CP(=O)(OCCCl)c1ccc(N(C)C)cc1)C(=O)O. The summed E-state index contributed by atoms with van der Waals surface area (Å²) in [5.74, 6) is -1.85. The zero-order valence-electron chi connectivity index (χ0n) is 14.2. The lowest BCUT2D eigenvalue weighted by Crippen LogP contribution is -2.27. The molecule has 1 aromatic carbocycles.